The van der Waals surface area contributed by atoms with Crippen molar-refractivity contribution in [3.05, 3.63) is 12.2 Å². The van der Waals surface area contributed by atoms with Crippen molar-refractivity contribution in [3.63, 3.8) is 0 Å². The first kappa shape index (κ1) is 8.43. The zero-order chi connectivity index (χ0) is 8.59. The molecule has 3 unspecified atom stereocenters. The number of ketones is 1. The third-order valence-electron chi connectivity index (χ3n) is 1.85. The zero-order valence-corrected chi connectivity index (χ0v) is 6.87. The standard InChI is InChI=1S/C8H13NO2/c1-5(2)8(11)7-4-9(7)6(3)10/h6-7,10H,1,4H2,2-3H3. The molecule has 0 aromatic rings. The van der Waals surface area contributed by atoms with Crippen molar-refractivity contribution >= 4 is 5.78 Å². The molecule has 1 fully saturated rings. The van der Waals surface area contributed by atoms with Crippen molar-refractivity contribution < 1.29 is 9.90 Å². The predicted octanol–water partition coefficient (Wildman–Crippen LogP) is 0.154. The quantitative estimate of drug-likeness (QED) is 0.466. The topological polar surface area (TPSA) is 40.3 Å². The maximum atomic E-state index is 11.2. The van der Waals surface area contributed by atoms with Crippen LogP contribution in [-0.2, 0) is 4.79 Å². The van der Waals surface area contributed by atoms with Crippen LogP contribution in [0.15, 0.2) is 12.2 Å². The van der Waals surface area contributed by atoms with Crippen molar-refractivity contribution in [3.8, 4) is 0 Å². The number of aliphatic hydroxyl groups excluding tert-OH is 1. The Hall–Kier alpha value is -0.670. The highest BCUT2D eigenvalue weighted by Gasteiger charge is 2.42. The third-order valence-corrected chi connectivity index (χ3v) is 1.85. The monoisotopic (exact) mass is 155 g/mol. The fraction of sp³-hybridized carbons (Fsp3) is 0.625. The second-order valence-electron chi connectivity index (χ2n) is 2.99. The lowest BCUT2D eigenvalue weighted by molar-refractivity contribution is -0.116. The van der Waals surface area contributed by atoms with Gasteiger partial charge in [0.05, 0.1) is 6.04 Å². The summed E-state index contributed by atoms with van der Waals surface area (Å²) in [6.45, 7) is 7.58. The van der Waals surface area contributed by atoms with Gasteiger partial charge in [-0.25, -0.2) is 0 Å². The molecular weight excluding hydrogens is 142 g/mol. The molecule has 1 aliphatic heterocycles. The van der Waals surface area contributed by atoms with E-state index in [1.807, 2.05) is 0 Å². The lowest BCUT2D eigenvalue weighted by Gasteiger charge is -2.04. The van der Waals surface area contributed by atoms with Crippen LogP contribution in [0.2, 0.25) is 0 Å². The van der Waals surface area contributed by atoms with E-state index < -0.39 is 6.23 Å². The van der Waals surface area contributed by atoms with E-state index in [1.54, 1.807) is 18.7 Å². The first-order chi connectivity index (χ1) is 5.04. The Balaban J connectivity index is 2.44. The summed E-state index contributed by atoms with van der Waals surface area (Å²) in [5, 5.41) is 9.04. The minimum absolute atomic E-state index is 0.0471. The van der Waals surface area contributed by atoms with Gasteiger partial charge in [-0.1, -0.05) is 6.58 Å². The summed E-state index contributed by atoms with van der Waals surface area (Å²) >= 11 is 0. The summed E-state index contributed by atoms with van der Waals surface area (Å²) in [5.41, 5.74) is 0.568. The van der Waals surface area contributed by atoms with E-state index in [-0.39, 0.29) is 11.8 Å². The minimum Gasteiger partial charge on any atom is -0.379 e. The third kappa shape index (κ3) is 1.67. The molecule has 62 valence electrons. The van der Waals surface area contributed by atoms with Gasteiger partial charge in [0.2, 0.25) is 0 Å². The Kier molecular flexibility index (Phi) is 2.11. The Bertz CT molecular complexity index is 198. The lowest BCUT2D eigenvalue weighted by Crippen LogP contribution is -2.20. The van der Waals surface area contributed by atoms with E-state index in [9.17, 15) is 4.79 Å². The minimum atomic E-state index is -0.511. The van der Waals surface area contributed by atoms with Gasteiger partial charge in [0.25, 0.3) is 0 Å². The fourth-order valence-electron chi connectivity index (χ4n) is 1.08. The summed E-state index contributed by atoms with van der Waals surface area (Å²) in [6, 6.07) is -0.104. The maximum Gasteiger partial charge on any atom is 0.176 e. The van der Waals surface area contributed by atoms with E-state index in [2.05, 4.69) is 6.58 Å². The second kappa shape index (κ2) is 2.75. The van der Waals surface area contributed by atoms with Crippen LogP contribution in [-0.4, -0.2) is 34.6 Å². The van der Waals surface area contributed by atoms with Gasteiger partial charge in [0, 0.05) is 6.54 Å². The summed E-state index contributed by atoms with van der Waals surface area (Å²) in [7, 11) is 0. The number of nitrogens with zero attached hydrogens (tertiary/aromatic N) is 1. The van der Waals surface area contributed by atoms with Crippen LogP contribution in [0.3, 0.4) is 0 Å². The molecule has 3 atom stereocenters. The molecule has 0 saturated carbocycles. The van der Waals surface area contributed by atoms with Gasteiger partial charge < -0.3 is 5.11 Å². The number of carbonyl (C=O) groups excluding carboxylic acids is 1. The molecule has 3 nitrogen and oxygen atoms in total. The Morgan fingerprint density at radius 2 is 2.36 bits per heavy atom. The highest BCUT2D eigenvalue weighted by Crippen LogP contribution is 2.22. The van der Waals surface area contributed by atoms with Crippen molar-refractivity contribution in [2.45, 2.75) is 26.1 Å². The molecule has 0 aromatic heterocycles. The van der Waals surface area contributed by atoms with E-state index in [1.165, 1.54) is 0 Å². The zero-order valence-electron chi connectivity index (χ0n) is 6.87. The van der Waals surface area contributed by atoms with Gasteiger partial charge in [-0.05, 0) is 19.4 Å². The van der Waals surface area contributed by atoms with Crippen molar-refractivity contribution in [2.24, 2.45) is 0 Å². The molecule has 3 heteroatoms. The first-order valence-corrected chi connectivity index (χ1v) is 3.67. The van der Waals surface area contributed by atoms with Crippen LogP contribution in [0.5, 0.6) is 0 Å². The number of hydrogen-bond acceptors (Lipinski definition) is 3. The highest BCUT2D eigenvalue weighted by atomic mass is 16.3. The van der Waals surface area contributed by atoms with E-state index in [4.69, 9.17) is 5.11 Å². The van der Waals surface area contributed by atoms with Gasteiger partial charge >= 0.3 is 0 Å². The van der Waals surface area contributed by atoms with Crippen LogP contribution in [0.25, 0.3) is 0 Å². The van der Waals surface area contributed by atoms with E-state index in [0.29, 0.717) is 12.1 Å². The molecule has 0 radical (unpaired) electrons. The Labute approximate surface area is 66.3 Å². The van der Waals surface area contributed by atoms with Gasteiger partial charge in [-0.15, -0.1) is 0 Å². The molecule has 1 rings (SSSR count). The number of carbonyl (C=O) groups is 1. The molecular formula is C8H13NO2. The Morgan fingerprint density at radius 3 is 2.64 bits per heavy atom. The van der Waals surface area contributed by atoms with Gasteiger partial charge in [0.15, 0.2) is 5.78 Å². The number of Topliss-reactive ketones (excluding diaryl/α,β-unsaturated/α-hetero) is 1. The summed E-state index contributed by atoms with van der Waals surface area (Å²) in [6.07, 6.45) is -0.511. The van der Waals surface area contributed by atoms with Gasteiger partial charge in [0.1, 0.15) is 6.23 Å². The largest absolute Gasteiger partial charge is 0.379 e. The molecule has 1 heterocycles. The average Bonchev–Trinajstić information content (AvgIpc) is 2.63. The normalized spacial score (nSPS) is 31.2. The van der Waals surface area contributed by atoms with Crippen LogP contribution >= 0.6 is 0 Å². The van der Waals surface area contributed by atoms with Crippen molar-refractivity contribution in [2.75, 3.05) is 6.54 Å². The molecule has 1 saturated heterocycles. The molecule has 1 aliphatic rings. The molecule has 11 heavy (non-hydrogen) atoms. The fourth-order valence-corrected chi connectivity index (χ4v) is 1.08. The smallest absolute Gasteiger partial charge is 0.176 e. The number of rotatable bonds is 3. The molecule has 0 amide bonds. The second-order valence-corrected chi connectivity index (χ2v) is 2.99. The average molecular weight is 155 g/mol. The van der Waals surface area contributed by atoms with E-state index in [0.717, 1.165) is 0 Å². The van der Waals surface area contributed by atoms with Gasteiger partial charge in [-0.2, -0.15) is 0 Å². The molecule has 0 aliphatic carbocycles. The first-order valence-electron chi connectivity index (χ1n) is 3.67. The maximum absolute atomic E-state index is 11.2. The number of hydrogen-bond donors (Lipinski definition) is 1. The van der Waals surface area contributed by atoms with Crippen LogP contribution in [0, 0.1) is 0 Å². The summed E-state index contributed by atoms with van der Waals surface area (Å²) in [5.74, 6) is 0.0471. The summed E-state index contributed by atoms with van der Waals surface area (Å²) < 4.78 is 0. The predicted molar refractivity (Wildman–Crippen MR) is 42.0 cm³/mol. The number of aliphatic hydroxyl groups is 1. The van der Waals surface area contributed by atoms with Gasteiger partial charge in [-0.3, -0.25) is 9.69 Å². The van der Waals surface area contributed by atoms with Crippen molar-refractivity contribution in [1.82, 2.24) is 4.90 Å². The molecule has 0 bridgehead atoms. The van der Waals surface area contributed by atoms with Crippen LogP contribution in [0.1, 0.15) is 13.8 Å². The molecule has 1 N–H and O–H groups in total. The summed E-state index contributed by atoms with van der Waals surface area (Å²) in [4.78, 5) is 12.9. The highest BCUT2D eigenvalue weighted by molar-refractivity contribution is 6.00. The SMILES string of the molecule is C=C(C)C(=O)C1CN1C(C)O. The Morgan fingerprint density at radius 1 is 1.82 bits per heavy atom. The van der Waals surface area contributed by atoms with Crippen molar-refractivity contribution in [1.29, 1.82) is 0 Å². The van der Waals surface area contributed by atoms with Crippen LogP contribution in [0.4, 0.5) is 0 Å². The van der Waals surface area contributed by atoms with E-state index >= 15 is 0 Å². The molecule has 0 spiro atoms. The van der Waals surface area contributed by atoms with Crippen LogP contribution < -0.4 is 0 Å². The molecule has 0 aromatic carbocycles. The lowest BCUT2D eigenvalue weighted by atomic mass is 10.2.